The highest BCUT2D eigenvalue weighted by Gasteiger charge is 2.10. The van der Waals surface area contributed by atoms with Gasteiger partial charge in [0.2, 0.25) is 0 Å². The van der Waals surface area contributed by atoms with E-state index in [9.17, 15) is 4.39 Å². The second-order valence-electron chi connectivity index (χ2n) is 3.90. The van der Waals surface area contributed by atoms with Crippen LogP contribution in [0.4, 0.5) is 10.1 Å². The van der Waals surface area contributed by atoms with E-state index in [0.717, 1.165) is 5.56 Å². The molecule has 0 heterocycles. The Kier molecular flexibility index (Phi) is 4.12. The largest absolute Gasteiger partial charge is 0.494 e. The van der Waals surface area contributed by atoms with Gasteiger partial charge in [-0.05, 0) is 6.07 Å². The molecule has 0 amide bonds. The smallest absolute Gasteiger partial charge is 0.167 e. The number of nitrogen functional groups attached to an aromatic ring is 1. The summed E-state index contributed by atoms with van der Waals surface area (Å²) in [6.45, 7) is 0.249. The van der Waals surface area contributed by atoms with Crippen LogP contribution in [0.2, 0.25) is 5.02 Å². The van der Waals surface area contributed by atoms with E-state index < -0.39 is 5.82 Å². The van der Waals surface area contributed by atoms with Crippen molar-refractivity contribution in [3.63, 3.8) is 0 Å². The zero-order valence-electron chi connectivity index (χ0n) is 10.3. The standard InChI is InChI=1S/C14H13ClFNO2/c1-18-13-7-14(12(17)6-11(13)16)19-8-9-4-2-3-5-10(9)15/h2-7H,8,17H2,1H3. The molecule has 0 fully saturated rings. The summed E-state index contributed by atoms with van der Waals surface area (Å²) in [6, 6.07) is 9.90. The van der Waals surface area contributed by atoms with Crippen molar-refractivity contribution in [2.24, 2.45) is 0 Å². The Hall–Kier alpha value is -1.94. The van der Waals surface area contributed by atoms with E-state index in [4.69, 9.17) is 26.8 Å². The van der Waals surface area contributed by atoms with Gasteiger partial charge in [0.05, 0.1) is 12.8 Å². The first-order chi connectivity index (χ1) is 9.11. The van der Waals surface area contributed by atoms with Crippen molar-refractivity contribution in [2.75, 3.05) is 12.8 Å². The summed E-state index contributed by atoms with van der Waals surface area (Å²) in [7, 11) is 1.38. The highest BCUT2D eigenvalue weighted by molar-refractivity contribution is 6.31. The second-order valence-corrected chi connectivity index (χ2v) is 4.31. The maximum Gasteiger partial charge on any atom is 0.167 e. The van der Waals surface area contributed by atoms with Gasteiger partial charge in [0.1, 0.15) is 12.4 Å². The first-order valence-electron chi connectivity index (χ1n) is 5.61. The Labute approximate surface area is 115 Å². The van der Waals surface area contributed by atoms with Crippen molar-refractivity contribution >= 4 is 17.3 Å². The SMILES string of the molecule is COc1cc(OCc2ccccc2Cl)c(N)cc1F. The van der Waals surface area contributed by atoms with Gasteiger partial charge in [-0.3, -0.25) is 0 Å². The van der Waals surface area contributed by atoms with Crippen LogP contribution in [0.25, 0.3) is 0 Å². The van der Waals surface area contributed by atoms with E-state index in [1.165, 1.54) is 19.2 Å². The molecule has 0 aliphatic rings. The molecule has 0 saturated heterocycles. The zero-order valence-corrected chi connectivity index (χ0v) is 11.1. The number of hydrogen-bond acceptors (Lipinski definition) is 3. The normalized spacial score (nSPS) is 10.3. The van der Waals surface area contributed by atoms with Crippen LogP contribution in [0.3, 0.4) is 0 Å². The molecular weight excluding hydrogens is 269 g/mol. The topological polar surface area (TPSA) is 44.5 Å². The number of anilines is 1. The van der Waals surface area contributed by atoms with Gasteiger partial charge in [-0.2, -0.15) is 0 Å². The molecule has 0 unspecified atom stereocenters. The predicted octanol–water partition coefficient (Wildman–Crippen LogP) is 3.65. The lowest BCUT2D eigenvalue weighted by molar-refractivity contribution is 0.303. The van der Waals surface area contributed by atoms with Crippen LogP contribution < -0.4 is 15.2 Å². The number of nitrogens with two attached hydrogens (primary N) is 1. The predicted molar refractivity (Wildman–Crippen MR) is 73.1 cm³/mol. The summed E-state index contributed by atoms with van der Waals surface area (Å²) in [6.07, 6.45) is 0. The minimum absolute atomic E-state index is 0.0864. The Morgan fingerprint density at radius 2 is 1.95 bits per heavy atom. The fourth-order valence-corrected chi connectivity index (χ4v) is 1.79. The molecule has 2 N–H and O–H groups in total. The van der Waals surface area contributed by atoms with Crippen molar-refractivity contribution in [1.82, 2.24) is 0 Å². The molecule has 0 saturated carbocycles. The fraction of sp³-hybridized carbons (Fsp3) is 0.143. The summed E-state index contributed by atoms with van der Waals surface area (Å²) in [5.41, 5.74) is 6.73. The molecule has 2 aromatic rings. The van der Waals surface area contributed by atoms with Crippen LogP contribution >= 0.6 is 11.6 Å². The number of halogens is 2. The first-order valence-corrected chi connectivity index (χ1v) is 5.99. The van der Waals surface area contributed by atoms with Gasteiger partial charge in [-0.25, -0.2) is 4.39 Å². The number of benzene rings is 2. The Balaban J connectivity index is 2.18. The molecular formula is C14H13ClFNO2. The lowest BCUT2D eigenvalue weighted by Gasteiger charge is -2.12. The lowest BCUT2D eigenvalue weighted by atomic mass is 10.2. The van der Waals surface area contributed by atoms with Crippen LogP contribution in [-0.2, 0) is 6.61 Å². The summed E-state index contributed by atoms with van der Waals surface area (Å²) in [5.74, 6) is -0.0772. The zero-order chi connectivity index (χ0) is 13.8. The van der Waals surface area contributed by atoms with E-state index in [-0.39, 0.29) is 18.0 Å². The third-order valence-electron chi connectivity index (χ3n) is 2.63. The number of rotatable bonds is 4. The Bertz CT molecular complexity index is 590. The third-order valence-corrected chi connectivity index (χ3v) is 2.99. The van der Waals surface area contributed by atoms with E-state index in [0.29, 0.717) is 10.8 Å². The van der Waals surface area contributed by atoms with Gasteiger partial charge < -0.3 is 15.2 Å². The third kappa shape index (κ3) is 3.09. The molecule has 0 spiro atoms. The van der Waals surface area contributed by atoms with E-state index in [1.807, 2.05) is 18.2 Å². The molecule has 0 atom stereocenters. The summed E-state index contributed by atoms with van der Waals surface area (Å²) < 4.78 is 23.8. The molecule has 0 aromatic heterocycles. The van der Waals surface area contributed by atoms with Crippen LogP contribution in [0.5, 0.6) is 11.5 Å². The van der Waals surface area contributed by atoms with Crippen molar-refractivity contribution in [2.45, 2.75) is 6.61 Å². The van der Waals surface area contributed by atoms with Gasteiger partial charge in [-0.1, -0.05) is 29.8 Å². The minimum Gasteiger partial charge on any atom is -0.494 e. The first kappa shape index (κ1) is 13.5. The average molecular weight is 282 g/mol. The average Bonchev–Trinajstić information content (AvgIpc) is 2.39. The molecule has 3 nitrogen and oxygen atoms in total. The van der Waals surface area contributed by atoms with Gasteiger partial charge in [0.25, 0.3) is 0 Å². The highest BCUT2D eigenvalue weighted by atomic mass is 35.5. The van der Waals surface area contributed by atoms with Gasteiger partial charge in [0.15, 0.2) is 11.6 Å². The maximum atomic E-state index is 13.4. The molecule has 5 heteroatoms. The molecule has 100 valence electrons. The quantitative estimate of drug-likeness (QED) is 0.870. The van der Waals surface area contributed by atoms with E-state index >= 15 is 0 Å². The molecule has 2 rings (SSSR count). The van der Waals surface area contributed by atoms with Gasteiger partial charge in [-0.15, -0.1) is 0 Å². The maximum absolute atomic E-state index is 13.4. The van der Waals surface area contributed by atoms with E-state index in [1.54, 1.807) is 6.07 Å². The van der Waals surface area contributed by atoms with Crippen molar-refractivity contribution in [3.05, 3.63) is 52.8 Å². The van der Waals surface area contributed by atoms with Gasteiger partial charge >= 0.3 is 0 Å². The molecule has 19 heavy (non-hydrogen) atoms. The van der Waals surface area contributed by atoms with Crippen LogP contribution in [0.1, 0.15) is 5.56 Å². The Morgan fingerprint density at radius 1 is 1.21 bits per heavy atom. The summed E-state index contributed by atoms with van der Waals surface area (Å²) in [4.78, 5) is 0. The minimum atomic E-state index is -0.523. The summed E-state index contributed by atoms with van der Waals surface area (Å²) in [5, 5.41) is 0.607. The van der Waals surface area contributed by atoms with Crippen LogP contribution in [0.15, 0.2) is 36.4 Å². The molecule has 2 aromatic carbocycles. The van der Waals surface area contributed by atoms with Crippen LogP contribution in [0, 0.1) is 5.82 Å². The number of hydrogen-bond donors (Lipinski definition) is 1. The monoisotopic (exact) mass is 281 g/mol. The highest BCUT2D eigenvalue weighted by Crippen LogP contribution is 2.31. The molecule has 0 bridgehead atoms. The number of ether oxygens (including phenoxy) is 2. The molecule has 0 aliphatic heterocycles. The van der Waals surface area contributed by atoms with E-state index in [2.05, 4.69) is 0 Å². The number of methoxy groups -OCH3 is 1. The van der Waals surface area contributed by atoms with Crippen molar-refractivity contribution in [1.29, 1.82) is 0 Å². The Morgan fingerprint density at radius 3 is 2.63 bits per heavy atom. The summed E-state index contributed by atoms with van der Waals surface area (Å²) >= 11 is 6.02. The van der Waals surface area contributed by atoms with Crippen molar-refractivity contribution in [3.8, 4) is 11.5 Å². The van der Waals surface area contributed by atoms with Crippen LogP contribution in [-0.4, -0.2) is 7.11 Å². The lowest BCUT2D eigenvalue weighted by Crippen LogP contribution is -2.01. The molecule has 0 aliphatic carbocycles. The van der Waals surface area contributed by atoms with Gasteiger partial charge in [0, 0.05) is 22.7 Å². The second kappa shape index (κ2) is 5.80. The molecule has 0 radical (unpaired) electrons. The van der Waals surface area contributed by atoms with Crippen molar-refractivity contribution < 1.29 is 13.9 Å². The fourth-order valence-electron chi connectivity index (χ4n) is 1.60.